The number of aliphatic carboxylic acids is 1. The van der Waals surface area contributed by atoms with Gasteiger partial charge in [-0.3, -0.25) is 9.59 Å². The van der Waals surface area contributed by atoms with E-state index in [1.54, 1.807) is 72.8 Å². The van der Waals surface area contributed by atoms with E-state index in [4.69, 9.17) is 20.4 Å². The Morgan fingerprint density at radius 1 is 0.978 bits per heavy atom. The van der Waals surface area contributed by atoms with Crippen LogP contribution in [0.2, 0.25) is 0 Å². The van der Waals surface area contributed by atoms with Crippen LogP contribution in [0.5, 0.6) is 11.5 Å². The van der Waals surface area contributed by atoms with Crippen LogP contribution in [0, 0.1) is 11.3 Å². The molecule has 11 nitrogen and oxygen atoms in total. The highest BCUT2D eigenvalue weighted by molar-refractivity contribution is 6.05. The van der Waals surface area contributed by atoms with E-state index in [1.165, 1.54) is 13.2 Å². The molecule has 232 valence electrons. The van der Waals surface area contributed by atoms with Gasteiger partial charge in [0.2, 0.25) is 5.91 Å². The summed E-state index contributed by atoms with van der Waals surface area (Å²) in [5, 5.41) is 33.5. The second-order valence-electron chi connectivity index (χ2n) is 9.06. The molecule has 0 fully saturated rings. The highest BCUT2D eigenvalue weighted by atomic mass is 19.4. The molecule has 3 aromatic carbocycles. The Hall–Kier alpha value is -5.94. The molecule has 0 spiro atoms. The number of ether oxygens (including phenoxy) is 1. The third-order valence-electron chi connectivity index (χ3n) is 5.95. The average molecular weight is 622 g/mol. The predicted octanol–water partition coefficient (Wildman–Crippen LogP) is 5.17. The molecule has 6 N–H and O–H groups in total. The molecule has 2 amide bonds. The van der Waals surface area contributed by atoms with Crippen LogP contribution < -0.4 is 21.1 Å². The van der Waals surface area contributed by atoms with Crippen molar-refractivity contribution in [2.45, 2.75) is 12.6 Å². The molecule has 45 heavy (non-hydrogen) atoms. The predicted molar refractivity (Wildman–Crippen MR) is 158 cm³/mol. The number of hydrogen-bond acceptors (Lipinski definition) is 8. The number of nitrogens with zero attached hydrogens (tertiary/aromatic N) is 2. The van der Waals surface area contributed by atoms with Crippen LogP contribution in [-0.2, 0) is 9.59 Å². The summed E-state index contributed by atoms with van der Waals surface area (Å²) < 4.78 is 36.9. The molecule has 0 radical (unpaired) electrons. The number of alkyl halides is 3. The number of benzene rings is 3. The number of carbonyl (C=O) groups is 3. The minimum absolute atomic E-state index is 0.0293. The maximum atomic E-state index is 13.0. The fraction of sp³-hybridized carbons (Fsp3) is 0.129. The summed E-state index contributed by atoms with van der Waals surface area (Å²) in [6, 6.07) is 24.1. The minimum Gasteiger partial charge on any atom is -0.507 e. The summed E-state index contributed by atoms with van der Waals surface area (Å²) in [6.45, 7) is 0.216. The van der Waals surface area contributed by atoms with Crippen LogP contribution in [0.15, 0.2) is 78.9 Å². The third-order valence-corrected chi connectivity index (χ3v) is 5.95. The number of phenols is 1. The van der Waals surface area contributed by atoms with Crippen LogP contribution in [0.3, 0.4) is 0 Å². The number of amides is 2. The Balaban J connectivity index is 0.000000707. The largest absolute Gasteiger partial charge is 0.507 e. The number of anilines is 2. The highest BCUT2D eigenvalue weighted by Gasteiger charge is 2.38. The van der Waals surface area contributed by atoms with Crippen LogP contribution in [0.4, 0.5) is 24.7 Å². The number of phenolic OH excluding ortho intramolecular Hbond substituents is 1. The Kier molecular flexibility index (Phi) is 11.2. The number of nitrogens with two attached hydrogens (primary N) is 1. The third kappa shape index (κ3) is 9.02. The zero-order valence-electron chi connectivity index (χ0n) is 23.6. The number of rotatable bonds is 8. The van der Waals surface area contributed by atoms with Crippen molar-refractivity contribution >= 4 is 29.3 Å². The molecule has 0 saturated carbocycles. The Morgan fingerprint density at radius 3 is 2.24 bits per heavy atom. The first-order valence-electron chi connectivity index (χ1n) is 13.0. The summed E-state index contributed by atoms with van der Waals surface area (Å²) >= 11 is 0. The second-order valence-corrected chi connectivity index (χ2v) is 9.06. The van der Waals surface area contributed by atoms with Gasteiger partial charge in [-0.05, 0) is 48.0 Å². The molecular weight excluding hydrogens is 595 g/mol. The van der Waals surface area contributed by atoms with E-state index in [0.717, 1.165) is 0 Å². The maximum Gasteiger partial charge on any atom is 0.490 e. The van der Waals surface area contributed by atoms with E-state index in [9.17, 15) is 33.1 Å². The van der Waals surface area contributed by atoms with E-state index < -0.39 is 18.1 Å². The Morgan fingerprint density at radius 2 is 1.67 bits per heavy atom. The fourth-order valence-electron chi connectivity index (χ4n) is 3.86. The van der Waals surface area contributed by atoms with Gasteiger partial charge in [0.25, 0.3) is 5.91 Å². The number of nitriles is 1. The van der Waals surface area contributed by atoms with E-state index in [-0.39, 0.29) is 36.0 Å². The van der Waals surface area contributed by atoms with E-state index in [1.807, 2.05) is 0 Å². The second kappa shape index (κ2) is 15.0. The van der Waals surface area contributed by atoms with Gasteiger partial charge in [-0.25, -0.2) is 9.78 Å². The number of methoxy groups -OCH3 is 1. The van der Waals surface area contributed by atoms with Crippen molar-refractivity contribution < 1.29 is 42.5 Å². The van der Waals surface area contributed by atoms with E-state index in [0.29, 0.717) is 39.4 Å². The number of aromatic nitrogens is 1. The van der Waals surface area contributed by atoms with Gasteiger partial charge in [0.05, 0.1) is 12.8 Å². The molecule has 0 aliphatic carbocycles. The van der Waals surface area contributed by atoms with Crippen molar-refractivity contribution in [2.75, 3.05) is 24.3 Å². The van der Waals surface area contributed by atoms with Crippen molar-refractivity contribution in [1.29, 1.82) is 5.26 Å². The zero-order valence-corrected chi connectivity index (χ0v) is 23.6. The van der Waals surface area contributed by atoms with Gasteiger partial charge < -0.3 is 31.3 Å². The molecule has 0 bridgehead atoms. The number of aromatic hydroxyl groups is 1. The highest BCUT2D eigenvalue weighted by Crippen LogP contribution is 2.37. The Labute approximate surface area is 254 Å². The Bertz CT molecular complexity index is 1740. The first-order valence-corrected chi connectivity index (χ1v) is 13.0. The lowest BCUT2D eigenvalue weighted by Crippen LogP contribution is -2.21. The topological polar surface area (TPSA) is 188 Å². The molecule has 0 aliphatic heterocycles. The molecule has 14 heteroatoms. The number of hydrogen-bond donors (Lipinski definition) is 5. The first kappa shape index (κ1) is 33.6. The van der Waals surface area contributed by atoms with Crippen LogP contribution in [0.1, 0.15) is 22.3 Å². The van der Waals surface area contributed by atoms with Crippen LogP contribution >= 0.6 is 0 Å². The zero-order chi connectivity index (χ0) is 33.1. The van der Waals surface area contributed by atoms with Crippen molar-refractivity contribution in [3.63, 3.8) is 0 Å². The summed E-state index contributed by atoms with van der Waals surface area (Å²) in [7, 11) is 1.49. The monoisotopic (exact) mass is 621 g/mol. The fourth-order valence-corrected chi connectivity index (χ4v) is 3.86. The summed E-state index contributed by atoms with van der Waals surface area (Å²) in [5.41, 5.74) is 8.25. The van der Waals surface area contributed by atoms with Crippen molar-refractivity contribution in [1.82, 2.24) is 4.98 Å². The van der Waals surface area contributed by atoms with Gasteiger partial charge in [-0.1, -0.05) is 30.3 Å². The molecule has 0 unspecified atom stereocenters. The molecule has 4 aromatic rings. The molecule has 1 aromatic heterocycles. The van der Waals surface area contributed by atoms with Gasteiger partial charge in [0, 0.05) is 41.4 Å². The van der Waals surface area contributed by atoms with Gasteiger partial charge in [0.15, 0.2) is 5.82 Å². The van der Waals surface area contributed by atoms with Crippen LogP contribution in [-0.4, -0.2) is 52.8 Å². The lowest BCUT2D eigenvalue weighted by molar-refractivity contribution is -0.192. The molecular formula is C31H26F3N5O6. The number of nitrogens with one attached hydrogen (secondary N) is 2. The smallest absolute Gasteiger partial charge is 0.490 e. The maximum absolute atomic E-state index is 13.0. The van der Waals surface area contributed by atoms with E-state index in [2.05, 4.69) is 21.7 Å². The van der Waals surface area contributed by atoms with Crippen LogP contribution in [0.25, 0.3) is 22.4 Å². The summed E-state index contributed by atoms with van der Waals surface area (Å²) in [5.74, 6) is -3.04. The SMILES string of the molecule is COc1ccc(-c2cc(-c3cccc(NC(=O)CCN)c3)c(C#N)c(NC(=O)c3ccccc3)n2)c(O)c1.O=C(O)C(F)(F)F. The summed E-state index contributed by atoms with van der Waals surface area (Å²) in [6.07, 6.45) is -4.92. The lowest BCUT2D eigenvalue weighted by Gasteiger charge is -2.15. The standard InChI is InChI=1S/C29H25N5O4.C2HF3O2/c1-38-21-10-11-22(26(35)15-21)25-16-23(19-8-5-9-20(14-19)32-27(36)12-13-30)24(17-31)28(33-25)34-29(37)18-6-3-2-4-7-18;3-2(4,5)1(6)7/h2-11,14-16,35H,12-13,30H2,1H3,(H,32,36)(H,33,34,37);(H,6,7). The first-order chi connectivity index (χ1) is 21.4. The van der Waals surface area contributed by atoms with Crippen molar-refractivity contribution in [3.8, 4) is 40.0 Å². The van der Waals surface area contributed by atoms with Gasteiger partial charge >= 0.3 is 12.1 Å². The molecule has 0 aliphatic rings. The van der Waals surface area contributed by atoms with E-state index >= 15 is 0 Å². The minimum atomic E-state index is -5.08. The van der Waals surface area contributed by atoms with Gasteiger partial charge in [-0.2, -0.15) is 18.4 Å². The molecule has 4 rings (SSSR count). The number of halogens is 3. The van der Waals surface area contributed by atoms with Gasteiger partial charge in [0.1, 0.15) is 23.1 Å². The van der Waals surface area contributed by atoms with Gasteiger partial charge in [-0.15, -0.1) is 0 Å². The van der Waals surface area contributed by atoms with Crippen molar-refractivity contribution in [3.05, 3.63) is 90.0 Å². The lowest BCUT2D eigenvalue weighted by atomic mass is 9.97. The normalized spacial score (nSPS) is 10.5. The molecule has 1 heterocycles. The average Bonchev–Trinajstić information content (AvgIpc) is 3.01. The molecule has 0 atom stereocenters. The molecule has 0 saturated heterocycles. The number of pyridine rings is 1. The number of carboxylic acids is 1. The summed E-state index contributed by atoms with van der Waals surface area (Å²) in [4.78, 5) is 38.5. The quantitative estimate of drug-likeness (QED) is 0.177. The van der Waals surface area contributed by atoms with Crippen molar-refractivity contribution in [2.24, 2.45) is 5.73 Å². The number of carbonyl (C=O) groups excluding carboxylic acids is 2. The number of carboxylic acid groups (broad SMARTS) is 1.